The summed E-state index contributed by atoms with van der Waals surface area (Å²) >= 11 is 0. The Morgan fingerprint density at radius 3 is 1.81 bits per heavy atom. The number of aliphatic carboxylic acids is 2. The van der Waals surface area contributed by atoms with Gasteiger partial charge in [-0.2, -0.15) is 0 Å². The van der Waals surface area contributed by atoms with Gasteiger partial charge in [0, 0.05) is 0 Å². The van der Waals surface area contributed by atoms with Gasteiger partial charge in [0.05, 0.1) is 12.3 Å². The third kappa shape index (κ3) is 2.97. The van der Waals surface area contributed by atoms with Gasteiger partial charge in [-0.1, -0.05) is 41.0 Å². The van der Waals surface area contributed by atoms with Gasteiger partial charge < -0.3 is 10.2 Å². The van der Waals surface area contributed by atoms with Crippen LogP contribution in [0.15, 0.2) is 0 Å². The van der Waals surface area contributed by atoms with Crippen molar-refractivity contribution in [3.05, 3.63) is 0 Å². The maximum Gasteiger partial charge on any atom is 0.307 e. The van der Waals surface area contributed by atoms with Gasteiger partial charge in [-0.3, -0.25) is 9.59 Å². The highest BCUT2D eigenvalue weighted by Crippen LogP contribution is 2.47. The van der Waals surface area contributed by atoms with Crippen LogP contribution >= 0.6 is 0 Å². The molecule has 0 rings (SSSR count). The lowest BCUT2D eigenvalue weighted by molar-refractivity contribution is -0.156. The van der Waals surface area contributed by atoms with Crippen molar-refractivity contribution in [2.75, 3.05) is 0 Å². The molecule has 0 aromatic rings. The van der Waals surface area contributed by atoms with Gasteiger partial charge in [0.25, 0.3) is 0 Å². The largest absolute Gasteiger partial charge is 0.481 e. The molecule has 0 radical (unpaired) electrons. The van der Waals surface area contributed by atoms with Gasteiger partial charge in [-0.15, -0.1) is 0 Å². The quantitative estimate of drug-likeness (QED) is 0.735. The molecule has 0 aliphatic heterocycles. The van der Waals surface area contributed by atoms with E-state index in [-0.39, 0.29) is 11.8 Å². The third-order valence-corrected chi connectivity index (χ3v) is 4.18. The van der Waals surface area contributed by atoms with Gasteiger partial charge in [0.2, 0.25) is 0 Å². The molecule has 0 aromatic carbocycles. The Labute approximate surface area is 96.7 Å². The van der Waals surface area contributed by atoms with E-state index in [1.807, 2.05) is 34.6 Å². The molecule has 1 unspecified atom stereocenters. The fraction of sp³-hybridized carbons (Fsp3) is 0.833. The molecule has 0 aliphatic rings. The second-order valence-corrected chi connectivity index (χ2v) is 5.45. The minimum atomic E-state index is -1.06. The topological polar surface area (TPSA) is 74.6 Å². The van der Waals surface area contributed by atoms with E-state index in [0.717, 1.165) is 6.42 Å². The summed E-state index contributed by atoms with van der Waals surface area (Å²) in [5.41, 5.74) is -0.780. The van der Waals surface area contributed by atoms with Crippen molar-refractivity contribution >= 4 is 11.9 Å². The summed E-state index contributed by atoms with van der Waals surface area (Å²) in [6.45, 7) is 9.60. The Morgan fingerprint density at radius 2 is 1.56 bits per heavy atom. The molecule has 0 heterocycles. The molecular formula is C12H22O4. The van der Waals surface area contributed by atoms with Crippen molar-refractivity contribution in [1.29, 1.82) is 0 Å². The van der Waals surface area contributed by atoms with E-state index in [1.165, 1.54) is 0 Å². The van der Waals surface area contributed by atoms with Crippen LogP contribution in [0, 0.1) is 16.7 Å². The van der Waals surface area contributed by atoms with Crippen LogP contribution in [0.4, 0.5) is 0 Å². The van der Waals surface area contributed by atoms with Crippen molar-refractivity contribution in [2.24, 2.45) is 16.7 Å². The van der Waals surface area contributed by atoms with Gasteiger partial charge in [-0.25, -0.2) is 0 Å². The number of carbonyl (C=O) groups is 2. The number of rotatable bonds is 6. The van der Waals surface area contributed by atoms with Crippen LogP contribution in [0.1, 0.15) is 47.5 Å². The lowest BCUT2D eigenvalue weighted by Crippen LogP contribution is -2.43. The molecular weight excluding hydrogens is 208 g/mol. The van der Waals surface area contributed by atoms with E-state index in [1.54, 1.807) is 0 Å². The predicted octanol–water partition coefficient (Wildman–Crippen LogP) is 2.62. The zero-order valence-electron chi connectivity index (χ0n) is 10.7. The third-order valence-electron chi connectivity index (χ3n) is 4.18. The van der Waals surface area contributed by atoms with Crippen molar-refractivity contribution in [2.45, 2.75) is 47.5 Å². The first kappa shape index (κ1) is 14.9. The molecule has 0 aromatic heterocycles. The molecule has 0 saturated heterocycles. The average molecular weight is 230 g/mol. The van der Waals surface area contributed by atoms with Gasteiger partial charge in [-0.05, 0) is 10.8 Å². The monoisotopic (exact) mass is 230 g/mol. The molecule has 16 heavy (non-hydrogen) atoms. The lowest BCUT2D eigenvalue weighted by atomic mass is 9.59. The first-order valence-electron chi connectivity index (χ1n) is 5.51. The number of hydrogen-bond acceptors (Lipinski definition) is 2. The molecule has 0 saturated carbocycles. The molecule has 0 bridgehead atoms. The molecule has 94 valence electrons. The molecule has 4 heteroatoms. The highest BCUT2D eigenvalue weighted by molar-refractivity contribution is 5.78. The van der Waals surface area contributed by atoms with Crippen LogP contribution in [-0.2, 0) is 9.59 Å². The van der Waals surface area contributed by atoms with Gasteiger partial charge in [0.1, 0.15) is 0 Å². The Balaban J connectivity index is 5.19. The van der Waals surface area contributed by atoms with Crippen LogP contribution < -0.4 is 0 Å². The standard InChI is InChI=1S/C12H22O4/c1-6-11(2,3)12(4,5)8(10(15)16)7-9(13)14/h8H,6-7H2,1-5H3,(H,13,14)(H,15,16). The highest BCUT2D eigenvalue weighted by Gasteiger charge is 2.46. The Kier molecular flexibility index (Phi) is 4.53. The van der Waals surface area contributed by atoms with E-state index >= 15 is 0 Å². The smallest absolute Gasteiger partial charge is 0.307 e. The van der Waals surface area contributed by atoms with Crippen LogP contribution in [0.2, 0.25) is 0 Å². The Morgan fingerprint density at radius 1 is 1.12 bits per heavy atom. The fourth-order valence-corrected chi connectivity index (χ4v) is 1.75. The molecule has 0 aliphatic carbocycles. The summed E-state index contributed by atoms with van der Waals surface area (Å²) < 4.78 is 0. The first-order valence-corrected chi connectivity index (χ1v) is 5.51. The summed E-state index contributed by atoms with van der Waals surface area (Å²) in [5, 5.41) is 17.9. The van der Waals surface area contributed by atoms with Crippen LogP contribution in [0.3, 0.4) is 0 Å². The molecule has 0 spiro atoms. The minimum Gasteiger partial charge on any atom is -0.481 e. The molecule has 2 N–H and O–H groups in total. The number of hydrogen-bond donors (Lipinski definition) is 2. The van der Waals surface area contributed by atoms with Gasteiger partial charge >= 0.3 is 11.9 Å². The normalized spacial score (nSPS) is 14.6. The lowest BCUT2D eigenvalue weighted by Gasteiger charge is -2.44. The van der Waals surface area contributed by atoms with E-state index < -0.39 is 23.3 Å². The molecule has 0 amide bonds. The summed E-state index contributed by atoms with van der Waals surface area (Å²) in [4.78, 5) is 21.9. The molecule has 4 nitrogen and oxygen atoms in total. The highest BCUT2D eigenvalue weighted by atomic mass is 16.4. The van der Waals surface area contributed by atoms with Crippen molar-refractivity contribution < 1.29 is 19.8 Å². The average Bonchev–Trinajstić information content (AvgIpc) is 2.12. The summed E-state index contributed by atoms with van der Waals surface area (Å²) in [7, 11) is 0. The number of carboxylic acid groups (broad SMARTS) is 2. The van der Waals surface area contributed by atoms with Crippen molar-refractivity contribution in [3.8, 4) is 0 Å². The zero-order valence-corrected chi connectivity index (χ0v) is 10.7. The summed E-state index contributed by atoms with van der Waals surface area (Å²) in [5.74, 6) is -2.96. The van der Waals surface area contributed by atoms with Crippen LogP contribution in [-0.4, -0.2) is 22.2 Å². The second kappa shape index (κ2) is 4.85. The summed E-state index contributed by atoms with van der Waals surface area (Å²) in [6, 6.07) is 0. The van der Waals surface area contributed by atoms with E-state index in [9.17, 15) is 9.59 Å². The van der Waals surface area contributed by atoms with Crippen LogP contribution in [0.25, 0.3) is 0 Å². The van der Waals surface area contributed by atoms with E-state index in [4.69, 9.17) is 10.2 Å². The van der Waals surface area contributed by atoms with Crippen LogP contribution in [0.5, 0.6) is 0 Å². The maximum absolute atomic E-state index is 11.2. The van der Waals surface area contributed by atoms with Crippen molar-refractivity contribution in [1.82, 2.24) is 0 Å². The number of carboxylic acids is 2. The second-order valence-electron chi connectivity index (χ2n) is 5.45. The van der Waals surface area contributed by atoms with E-state index in [0.29, 0.717) is 0 Å². The zero-order chi connectivity index (χ0) is 13.1. The minimum absolute atomic E-state index is 0.217. The first-order chi connectivity index (χ1) is 7.06. The molecule has 1 atom stereocenters. The predicted molar refractivity (Wildman–Crippen MR) is 61.2 cm³/mol. The maximum atomic E-state index is 11.2. The summed E-state index contributed by atoms with van der Waals surface area (Å²) in [6.07, 6.45) is 0.481. The Hall–Kier alpha value is -1.06. The SMILES string of the molecule is CCC(C)(C)C(C)(C)C(CC(=O)O)C(=O)O. The fourth-order valence-electron chi connectivity index (χ4n) is 1.75. The van der Waals surface area contributed by atoms with Crippen molar-refractivity contribution in [3.63, 3.8) is 0 Å². The Bertz CT molecular complexity index is 279. The van der Waals surface area contributed by atoms with Gasteiger partial charge in [0.15, 0.2) is 0 Å². The molecule has 0 fully saturated rings. The van der Waals surface area contributed by atoms with E-state index in [2.05, 4.69) is 0 Å².